The summed E-state index contributed by atoms with van der Waals surface area (Å²) in [5, 5.41) is 6.66. The van der Waals surface area contributed by atoms with Gasteiger partial charge in [0, 0.05) is 29.6 Å². The summed E-state index contributed by atoms with van der Waals surface area (Å²) in [6.07, 6.45) is 0.236. The number of Topliss-reactive ketones (excluding diaryl/α,β-unsaturated/α-hetero) is 1. The number of nitrogens with one attached hydrogen (secondary N) is 1. The fraction of sp³-hybridized carbons (Fsp3) is 0.304. The summed E-state index contributed by atoms with van der Waals surface area (Å²) >= 11 is 0. The first-order chi connectivity index (χ1) is 14.8. The smallest absolute Gasteiger partial charge is 0.308 e. The van der Waals surface area contributed by atoms with Crippen LogP contribution < -0.4 is 5.32 Å². The van der Waals surface area contributed by atoms with Crippen molar-refractivity contribution in [2.24, 2.45) is 0 Å². The average Bonchev–Trinajstić information content (AvgIpc) is 3.29. The molecule has 8 heteroatoms. The summed E-state index contributed by atoms with van der Waals surface area (Å²) in [6, 6.07) is 12.8. The molecule has 3 rings (SSSR count). The molecule has 0 fully saturated rings. The number of carbonyl (C=O) groups excluding carboxylic acids is 3. The molecule has 162 valence electrons. The van der Waals surface area contributed by atoms with Gasteiger partial charge in [0.25, 0.3) is 0 Å². The van der Waals surface area contributed by atoms with Crippen molar-refractivity contribution in [3.63, 3.8) is 0 Å². The Morgan fingerprint density at radius 2 is 1.84 bits per heavy atom. The van der Waals surface area contributed by atoms with Crippen LogP contribution in [0.4, 0.5) is 0 Å². The molecular formula is C23H25N3O5. The maximum absolute atomic E-state index is 12.6. The highest BCUT2D eigenvalue weighted by atomic mass is 16.5. The molecular weight excluding hydrogens is 398 g/mol. The van der Waals surface area contributed by atoms with Crippen LogP contribution in [0.15, 0.2) is 47.0 Å². The van der Waals surface area contributed by atoms with Gasteiger partial charge in [-0.1, -0.05) is 35.5 Å². The van der Waals surface area contributed by atoms with Gasteiger partial charge in [0.15, 0.2) is 12.4 Å². The number of hydrogen-bond donors (Lipinski definition) is 1. The molecule has 0 aliphatic heterocycles. The molecule has 2 aromatic heterocycles. The summed E-state index contributed by atoms with van der Waals surface area (Å²) in [5.41, 5.74) is 2.87. The minimum atomic E-state index is -0.547. The topological polar surface area (TPSA) is 103 Å². The lowest BCUT2D eigenvalue weighted by atomic mass is 10.1. The Kier molecular flexibility index (Phi) is 7.02. The molecule has 3 aromatic rings. The first kappa shape index (κ1) is 22.0. The highest BCUT2D eigenvalue weighted by Crippen LogP contribution is 2.21. The van der Waals surface area contributed by atoms with Gasteiger partial charge in [-0.2, -0.15) is 0 Å². The molecule has 0 atom stereocenters. The van der Waals surface area contributed by atoms with Crippen LogP contribution >= 0.6 is 0 Å². The van der Waals surface area contributed by atoms with Crippen LogP contribution in [-0.2, 0) is 20.7 Å². The second-order valence-corrected chi connectivity index (χ2v) is 7.26. The molecule has 0 unspecified atom stereocenters. The second kappa shape index (κ2) is 9.88. The molecule has 0 radical (unpaired) electrons. The lowest BCUT2D eigenvalue weighted by Crippen LogP contribution is -2.28. The number of aryl methyl sites for hydroxylation is 2. The zero-order valence-electron chi connectivity index (χ0n) is 17.8. The number of benzene rings is 1. The number of rotatable bonds is 9. The van der Waals surface area contributed by atoms with E-state index < -0.39 is 5.97 Å². The highest BCUT2D eigenvalue weighted by Gasteiger charge is 2.19. The molecule has 0 aliphatic rings. The van der Waals surface area contributed by atoms with Gasteiger partial charge in [0.05, 0.1) is 12.8 Å². The molecule has 31 heavy (non-hydrogen) atoms. The predicted octanol–water partition coefficient (Wildman–Crippen LogP) is 2.87. The maximum Gasteiger partial charge on any atom is 0.308 e. The van der Waals surface area contributed by atoms with E-state index in [1.165, 1.54) is 0 Å². The Balaban J connectivity index is 1.46. The van der Waals surface area contributed by atoms with E-state index in [-0.39, 0.29) is 37.7 Å². The van der Waals surface area contributed by atoms with Gasteiger partial charge in [-0.15, -0.1) is 0 Å². The first-order valence-electron chi connectivity index (χ1n) is 9.97. The minimum Gasteiger partial charge on any atom is -0.457 e. The summed E-state index contributed by atoms with van der Waals surface area (Å²) in [6.45, 7) is 5.24. The zero-order chi connectivity index (χ0) is 22.4. The van der Waals surface area contributed by atoms with Crippen molar-refractivity contribution in [1.29, 1.82) is 0 Å². The summed E-state index contributed by atoms with van der Waals surface area (Å²) < 4.78 is 12.0. The van der Waals surface area contributed by atoms with Gasteiger partial charge < -0.3 is 14.6 Å². The summed E-state index contributed by atoms with van der Waals surface area (Å²) in [7, 11) is 0. The van der Waals surface area contributed by atoms with E-state index in [4.69, 9.17) is 9.26 Å². The minimum absolute atomic E-state index is 0.00888. The third kappa shape index (κ3) is 5.69. The number of carbonyl (C=O) groups is 3. The predicted molar refractivity (Wildman–Crippen MR) is 113 cm³/mol. The SMILES string of the molecule is Cc1cc(-n2c(C)cc(C(=O)COC(=O)CCNC(=O)Cc3ccccc3)c2C)no1. The van der Waals surface area contributed by atoms with E-state index in [1.807, 2.05) is 41.8 Å². The summed E-state index contributed by atoms with van der Waals surface area (Å²) in [5.74, 6) is 0.232. The van der Waals surface area contributed by atoms with Crippen molar-refractivity contribution in [1.82, 2.24) is 15.0 Å². The monoisotopic (exact) mass is 423 g/mol. The second-order valence-electron chi connectivity index (χ2n) is 7.26. The number of esters is 1. The van der Waals surface area contributed by atoms with Crippen LogP contribution in [0.3, 0.4) is 0 Å². The lowest BCUT2D eigenvalue weighted by Gasteiger charge is -2.07. The largest absolute Gasteiger partial charge is 0.457 e. The van der Waals surface area contributed by atoms with E-state index in [9.17, 15) is 14.4 Å². The summed E-state index contributed by atoms with van der Waals surface area (Å²) in [4.78, 5) is 36.4. The normalized spacial score (nSPS) is 10.7. The molecule has 8 nitrogen and oxygen atoms in total. The highest BCUT2D eigenvalue weighted by molar-refractivity contribution is 5.99. The average molecular weight is 423 g/mol. The molecule has 1 aromatic carbocycles. The number of aromatic nitrogens is 2. The van der Waals surface area contributed by atoms with Crippen LogP contribution in [0.1, 0.15) is 39.5 Å². The Morgan fingerprint density at radius 3 is 2.52 bits per heavy atom. The van der Waals surface area contributed by atoms with Gasteiger partial charge in [0.2, 0.25) is 11.7 Å². The van der Waals surface area contributed by atoms with Crippen molar-refractivity contribution < 1.29 is 23.6 Å². The van der Waals surface area contributed by atoms with Crippen molar-refractivity contribution >= 4 is 17.7 Å². The van der Waals surface area contributed by atoms with Gasteiger partial charge in [0.1, 0.15) is 5.76 Å². The number of ketones is 1. The van der Waals surface area contributed by atoms with E-state index in [0.717, 1.165) is 11.3 Å². The van der Waals surface area contributed by atoms with Gasteiger partial charge in [-0.05, 0) is 32.4 Å². The van der Waals surface area contributed by atoms with E-state index in [0.29, 0.717) is 22.8 Å². The lowest BCUT2D eigenvalue weighted by molar-refractivity contribution is -0.142. The Morgan fingerprint density at radius 1 is 1.10 bits per heavy atom. The van der Waals surface area contributed by atoms with Crippen molar-refractivity contribution in [3.8, 4) is 5.82 Å². The standard InChI is InChI=1S/C23H25N3O5/c1-15-11-19(17(3)26(15)21-12-16(2)31-25-21)20(27)14-30-23(29)9-10-24-22(28)13-18-7-5-4-6-8-18/h4-8,11-12H,9-10,13-14H2,1-3H3,(H,24,28). The van der Waals surface area contributed by atoms with Crippen molar-refractivity contribution in [3.05, 3.63) is 70.7 Å². The molecule has 2 heterocycles. The molecule has 0 bridgehead atoms. The molecule has 0 spiro atoms. The Hall–Kier alpha value is -3.68. The number of amides is 1. The van der Waals surface area contributed by atoms with E-state index in [2.05, 4.69) is 10.5 Å². The fourth-order valence-electron chi connectivity index (χ4n) is 3.30. The molecule has 1 N–H and O–H groups in total. The van der Waals surface area contributed by atoms with Crippen LogP contribution in [0.2, 0.25) is 0 Å². The zero-order valence-corrected chi connectivity index (χ0v) is 17.8. The first-order valence-corrected chi connectivity index (χ1v) is 9.97. The van der Waals surface area contributed by atoms with Crippen molar-refractivity contribution in [2.75, 3.05) is 13.2 Å². The Bertz CT molecular complexity index is 1080. The third-order valence-electron chi connectivity index (χ3n) is 4.80. The molecule has 0 saturated carbocycles. The van der Waals surface area contributed by atoms with Crippen LogP contribution in [0, 0.1) is 20.8 Å². The fourth-order valence-corrected chi connectivity index (χ4v) is 3.30. The van der Waals surface area contributed by atoms with Crippen LogP contribution in [-0.4, -0.2) is 40.5 Å². The van der Waals surface area contributed by atoms with Gasteiger partial charge in [-0.3, -0.25) is 19.0 Å². The third-order valence-corrected chi connectivity index (χ3v) is 4.80. The molecule has 0 saturated heterocycles. The van der Waals surface area contributed by atoms with Crippen molar-refractivity contribution in [2.45, 2.75) is 33.6 Å². The maximum atomic E-state index is 12.6. The van der Waals surface area contributed by atoms with Crippen LogP contribution in [0.5, 0.6) is 0 Å². The molecule has 0 aliphatic carbocycles. The van der Waals surface area contributed by atoms with Gasteiger partial charge >= 0.3 is 5.97 Å². The van der Waals surface area contributed by atoms with Gasteiger partial charge in [-0.25, -0.2) is 0 Å². The van der Waals surface area contributed by atoms with Crippen LogP contribution in [0.25, 0.3) is 5.82 Å². The number of ether oxygens (including phenoxy) is 1. The van der Waals surface area contributed by atoms with E-state index in [1.54, 1.807) is 26.0 Å². The Labute approximate surface area is 180 Å². The van der Waals surface area contributed by atoms with E-state index >= 15 is 0 Å². The molecule has 1 amide bonds. The quantitative estimate of drug-likeness (QED) is 0.419. The number of nitrogens with zero attached hydrogens (tertiary/aromatic N) is 2. The number of hydrogen-bond acceptors (Lipinski definition) is 6.